The van der Waals surface area contributed by atoms with Crippen molar-refractivity contribution in [1.29, 1.82) is 5.26 Å². The van der Waals surface area contributed by atoms with Crippen LogP contribution in [-0.4, -0.2) is 44.0 Å². The molecule has 0 unspecified atom stereocenters. The van der Waals surface area contributed by atoms with Gasteiger partial charge in [0.15, 0.2) is 0 Å². The van der Waals surface area contributed by atoms with Crippen molar-refractivity contribution in [3.05, 3.63) is 101 Å². The van der Waals surface area contributed by atoms with Crippen molar-refractivity contribution >= 4 is 25.9 Å². The summed E-state index contributed by atoms with van der Waals surface area (Å²) in [5.74, 6) is 0. The molecule has 0 aliphatic rings. The highest BCUT2D eigenvalue weighted by molar-refractivity contribution is 7.95. The van der Waals surface area contributed by atoms with Crippen LogP contribution in [0.15, 0.2) is 99.8 Å². The average molecular weight is 561 g/mol. The summed E-state index contributed by atoms with van der Waals surface area (Å²) in [6.45, 7) is 6.03. The Morgan fingerprint density at radius 1 is 0.923 bits per heavy atom. The zero-order valence-corrected chi connectivity index (χ0v) is 23.4. The molecular formula is C29H28N4O4S2. The van der Waals surface area contributed by atoms with E-state index in [1.54, 1.807) is 49.0 Å². The van der Waals surface area contributed by atoms with E-state index in [-0.39, 0.29) is 9.79 Å². The summed E-state index contributed by atoms with van der Waals surface area (Å²) in [4.78, 5) is -0.349. The van der Waals surface area contributed by atoms with E-state index in [0.717, 1.165) is 5.56 Å². The van der Waals surface area contributed by atoms with Gasteiger partial charge in [-0.2, -0.15) is 14.7 Å². The highest BCUT2D eigenvalue weighted by Crippen LogP contribution is 2.30. The molecule has 3 aromatic carbocycles. The summed E-state index contributed by atoms with van der Waals surface area (Å²) >= 11 is 0. The maximum atomic E-state index is 13.3. The van der Waals surface area contributed by atoms with Crippen LogP contribution in [0.25, 0.3) is 23.0 Å². The second-order valence-corrected chi connectivity index (χ2v) is 12.6. The summed E-state index contributed by atoms with van der Waals surface area (Å²) in [5, 5.41) is 14.6. The van der Waals surface area contributed by atoms with Gasteiger partial charge in [-0.05, 0) is 49.4 Å². The molecule has 0 spiro atoms. The van der Waals surface area contributed by atoms with E-state index in [0.29, 0.717) is 35.6 Å². The van der Waals surface area contributed by atoms with Crippen molar-refractivity contribution in [2.24, 2.45) is 0 Å². The Hall–Kier alpha value is -4.04. The van der Waals surface area contributed by atoms with Gasteiger partial charge in [-0.3, -0.25) is 0 Å². The molecule has 1 aromatic heterocycles. The minimum atomic E-state index is -4.11. The first kappa shape index (κ1) is 28.0. The number of sulfone groups is 1. The molecule has 4 aromatic rings. The molecule has 200 valence electrons. The number of allylic oxidation sites excluding steroid dienone is 1. The molecule has 0 amide bonds. The predicted molar refractivity (Wildman–Crippen MR) is 151 cm³/mol. The maximum Gasteiger partial charge on any atom is 0.243 e. The Kier molecular flexibility index (Phi) is 8.16. The lowest BCUT2D eigenvalue weighted by molar-refractivity contribution is 0.445. The maximum absolute atomic E-state index is 13.3. The van der Waals surface area contributed by atoms with Gasteiger partial charge in [0, 0.05) is 30.4 Å². The van der Waals surface area contributed by atoms with Gasteiger partial charge in [-0.1, -0.05) is 61.9 Å². The fraction of sp³-hybridized carbons (Fsp3) is 0.172. The molecule has 4 rings (SSSR count). The molecule has 0 radical (unpaired) electrons. The van der Waals surface area contributed by atoms with E-state index in [1.807, 2.05) is 43.3 Å². The van der Waals surface area contributed by atoms with Gasteiger partial charge < -0.3 is 0 Å². The molecular weight excluding hydrogens is 532 g/mol. The van der Waals surface area contributed by atoms with Gasteiger partial charge in [0.1, 0.15) is 16.7 Å². The van der Waals surface area contributed by atoms with Crippen molar-refractivity contribution < 1.29 is 16.8 Å². The number of aryl methyl sites for hydroxylation is 1. The first-order valence-electron chi connectivity index (χ1n) is 12.3. The number of nitriles is 1. The van der Waals surface area contributed by atoms with Crippen LogP contribution < -0.4 is 0 Å². The van der Waals surface area contributed by atoms with E-state index in [9.17, 15) is 22.1 Å². The number of sulfonamides is 1. The number of hydrogen-bond donors (Lipinski definition) is 0. The zero-order valence-electron chi connectivity index (χ0n) is 21.8. The molecule has 0 fully saturated rings. The third kappa shape index (κ3) is 5.71. The van der Waals surface area contributed by atoms with Gasteiger partial charge in [0.25, 0.3) is 0 Å². The van der Waals surface area contributed by atoms with Gasteiger partial charge in [-0.15, -0.1) is 0 Å². The lowest BCUT2D eigenvalue weighted by Crippen LogP contribution is -2.30. The highest BCUT2D eigenvalue weighted by Gasteiger charge is 2.25. The largest absolute Gasteiger partial charge is 0.243 e. The highest BCUT2D eigenvalue weighted by atomic mass is 32.2. The van der Waals surface area contributed by atoms with Crippen LogP contribution in [0.3, 0.4) is 0 Å². The Morgan fingerprint density at radius 3 is 2.21 bits per heavy atom. The Labute approximate surface area is 229 Å². The summed E-state index contributed by atoms with van der Waals surface area (Å²) in [6.07, 6.45) is 2.90. The van der Waals surface area contributed by atoms with Gasteiger partial charge in [0.05, 0.1) is 15.5 Å². The molecule has 0 aliphatic heterocycles. The topological polar surface area (TPSA) is 113 Å². The second-order valence-electron chi connectivity index (χ2n) is 8.77. The van der Waals surface area contributed by atoms with Gasteiger partial charge in [-0.25, -0.2) is 21.5 Å². The molecule has 0 aliphatic carbocycles. The first-order valence-corrected chi connectivity index (χ1v) is 15.2. The summed E-state index contributed by atoms with van der Waals surface area (Å²) in [5.41, 5.74) is 2.76. The molecule has 0 saturated carbocycles. The summed E-state index contributed by atoms with van der Waals surface area (Å²) in [6, 6.07) is 23.7. The smallest absolute Gasteiger partial charge is 0.240 e. The SMILES string of the molecule is CCN(CC)S(=O)(=O)c1cccc(-c2nn(-c3ccccc3)cc2/C=C(/C#N)S(=O)(=O)c2ccc(C)cc2)c1. The van der Waals surface area contributed by atoms with Crippen LogP contribution in [0.4, 0.5) is 0 Å². The third-order valence-electron chi connectivity index (χ3n) is 6.23. The number of benzene rings is 3. The Balaban J connectivity index is 1.91. The minimum Gasteiger partial charge on any atom is -0.240 e. The fourth-order valence-corrected chi connectivity index (χ4v) is 6.76. The number of hydrogen-bond acceptors (Lipinski definition) is 6. The average Bonchev–Trinajstić information content (AvgIpc) is 3.37. The van der Waals surface area contributed by atoms with Crippen molar-refractivity contribution in [3.63, 3.8) is 0 Å². The quantitative estimate of drug-likeness (QED) is 0.260. The van der Waals surface area contributed by atoms with E-state index in [4.69, 9.17) is 0 Å². The van der Waals surface area contributed by atoms with Crippen LogP contribution in [0, 0.1) is 18.3 Å². The molecule has 39 heavy (non-hydrogen) atoms. The lowest BCUT2D eigenvalue weighted by Gasteiger charge is -2.18. The molecule has 0 saturated heterocycles. The molecule has 0 bridgehead atoms. The van der Waals surface area contributed by atoms with Gasteiger partial charge >= 0.3 is 0 Å². The molecule has 10 heteroatoms. The van der Waals surface area contributed by atoms with E-state index < -0.39 is 24.8 Å². The molecule has 8 nitrogen and oxygen atoms in total. The fourth-order valence-electron chi connectivity index (χ4n) is 4.10. The van der Waals surface area contributed by atoms with Crippen LogP contribution in [0.1, 0.15) is 25.0 Å². The monoisotopic (exact) mass is 560 g/mol. The first-order chi connectivity index (χ1) is 18.6. The van der Waals surface area contributed by atoms with Crippen LogP contribution in [0.5, 0.6) is 0 Å². The minimum absolute atomic E-state index is 0.00483. The Morgan fingerprint density at radius 2 is 1.59 bits per heavy atom. The number of nitrogens with zero attached hydrogens (tertiary/aromatic N) is 4. The number of rotatable bonds is 9. The predicted octanol–water partition coefficient (Wildman–Crippen LogP) is 5.22. The normalized spacial score (nSPS) is 12.4. The summed E-state index contributed by atoms with van der Waals surface area (Å²) < 4.78 is 56.0. The standard InChI is InChI=1S/C29H28N4O4S2/c1-4-32(5-2)39(36,37)27-13-9-10-23(18-27)29-24(21-33(31-29)25-11-7-6-8-12-25)19-28(20-30)38(34,35)26-16-14-22(3)15-17-26/h6-19,21H,4-5H2,1-3H3/b28-19-. The third-order valence-corrected chi connectivity index (χ3v) is 9.96. The van der Waals surface area contributed by atoms with Crippen LogP contribution in [-0.2, 0) is 19.9 Å². The van der Waals surface area contributed by atoms with Crippen molar-refractivity contribution in [2.75, 3.05) is 13.1 Å². The van der Waals surface area contributed by atoms with Crippen molar-refractivity contribution in [2.45, 2.75) is 30.6 Å². The van der Waals surface area contributed by atoms with Crippen LogP contribution >= 0.6 is 0 Å². The van der Waals surface area contributed by atoms with Crippen molar-refractivity contribution in [1.82, 2.24) is 14.1 Å². The number of aromatic nitrogens is 2. The van der Waals surface area contributed by atoms with Crippen molar-refractivity contribution in [3.8, 4) is 23.0 Å². The zero-order chi connectivity index (χ0) is 28.2. The second kappa shape index (κ2) is 11.4. The van der Waals surface area contributed by atoms with E-state index >= 15 is 0 Å². The molecule has 0 N–H and O–H groups in total. The molecule has 0 atom stereocenters. The van der Waals surface area contributed by atoms with E-state index in [2.05, 4.69) is 5.10 Å². The Bertz CT molecular complexity index is 1760. The summed E-state index contributed by atoms with van der Waals surface area (Å²) in [7, 11) is -7.85. The number of para-hydroxylation sites is 1. The van der Waals surface area contributed by atoms with E-state index in [1.165, 1.54) is 34.6 Å². The molecule has 1 heterocycles. The van der Waals surface area contributed by atoms with Gasteiger partial charge in [0.2, 0.25) is 19.9 Å². The lowest BCUT2D eigenvalue weighted by atomic mass is 10.1. The van der Waals surface area contributed by atoms with Crippen LogP contribution in [0.2, 0.25) is 0 Å².